The van der Waals surface area contributed by atoms with Gasteiger partial charge in [-0.05, 0) is 118 Å². The van der Waals surface area contributed by atoms with Crippen molar-refractivity contribution in [2.24, 2.45) is 44.8 Å². The summed E-state index contributed by atoms with van der Waals surface area (Å²) in [4.78, 5) is 0. The Morgan fingerprint density at radius 2 is 1.50 bits per heavy atom. The first-order valence-electron chi connectivity index (χ1n) is 17.4. The molecule has 0 unspecified atom stereocenters. The molecule has 0 amide bonds. The molecule has 9 heteroatoms. The maximum absolute atomic E-state index is 11.9. The molecule has 15 atom stereocenters. The van der Waals surface area contributed by atoms with Crippen LogP contribution in [-0.2, 0) is 14.2 Å². The number of fused-ring (bicyclic) bond motifs is 2. The van der Waals surface area contributed by atoms with Crippen molar-refractivity contribution in [2.45, 2.75) is 160 Å². The minimum absolute atomic E-state index is 0.0477. The zero-order chi connectivity index (χ0) is 31.9. The highest BCUT2D eigenvalue weighted by Crippen LogP contribution is 2.89. The Morgan fingerprint density at radius 3 is 2.16 bits per heavy atom. The number of ether oxygens (including phenoxy) is 3. The van der Waals surface area contributed by atoms with Gasteiger partial charge in [-0.2, -0.15) is 0 Å². The summed E-state index contributed by atoms with van der Waals surface area (Å²) < 4.78 is 18.8. The van der Waals surface area contributed by atoms with Crippen molar-refractivity contribution >= 4 is 0 Å². The predicted molar refractivity (Wildman–Crippen MR) is 161 cm³/mol. The van der Waals surface area contributed by atoms with E-state index in [4.69, 9.17) is 14.2 Å². The van der Waals surface area contributed by atoms with Crippen molar-refractivity contribution in [2.75, 3.05) is 13.2 Å². The number of aliphatic hydroxyl groups is 6. The Balaban J connectivity index is 1.15. The number of hydrogen-bond donors (Lipinski definition) is 6. The first-order chi connectivity index (χ1) is 20.4. The summed E-state index contributed by atoms with van der Waals surface area (Å²) in [5, 5.41) is 64.8. The molecule has 44 heavy (non-hydrogen) atoms. The minimum atomic E-state index is -1.29. The summed E-state index contributed by atoms with van der Waals surface area (Å²) in [6.07, 6.45) is 3.69. The van der Waals surface area contributed by atoms with E-state index in [2.05, 4.69) is 27.7 Å². The molecule has 9 nitrogen and oxygen atoms in total. The van der Waals surface area contributed by atoms with E-state index in [9.17, 15) is 30.6 Å². The van der Waals surface area contributed by atoms with Gasteiger partial charge in [-0.15, -0.1) is 0 Å². The Hall–Kier alpha value is -0.360. The fourth-order valence-corrected chi connectivity index (χ4v) is 13.5. The van der Waals surface area contributed by atoms with E-state index in [-0.39, 0.29) is 53.0 Å². The fraction of sp³-hybridized carbons (Fsp3) is 1.00. The van der Waals surface area contributed by atoms with Crippen LogP contribution in [0, 0.1) is 44.8 Å². The van der Waals surface area contributed by atoms with Gasteiger partial charge in [-0.1, -0.05) is 20.8 Å². The van der Waals surface area contributed by atoms with Gasteiger partial charge in [0.15, 0.2) is 6.29 Å². The molecule has 2 aliphatic heterocycles. The van der Waals surface area contributed by atoms with Crippen LogP contribution in [0.2, 0.25) is 0 Å². The molecule has 0 aromatic heterocycles. The van der Waals surface area contributed by atoms with Gasteiger partial charge in [0, 0.05) is 17.9 Å². The van der Waals surface area contributed by atoms with Crippen molar-refractivity contribution in [3.8, 4) is 0 Å². The average molecular weight is 623 g/mol. The molecule has 7 aliphatic rings. The maximum atomic E-state index is 11.9. The van der Waals surface area contributed by atoms with Crippen LogP contribution in [-0.4, -0.2) is 98.0 Å². The highest BCUT2D eigenvalue weighted by molar-refractivity contribution is 5.32. The molecular weight excluding hydrogens is 564 g/mol. The topological polar surface area (TPSA) is 149 Å². The van der Waals surface area contributed by atoms with E-state index < -0.39 is 47.3 Å². The SMILES string of the molecule is CC(C)(O)[C@H]1CC[C@@](C)([C@H]2[C@@H](O)C[C@@]3(C)[C@@H]4CC[C@@H]5C(C)(C)[C@@H](O[C@H]6OC[C@@H](O)[C@@H](O)[C@H]6O)CC[C@@]56C[C@@]46CC[C@]23CO)O1. The van der Waals surface area contributed by atoms with Crippen LogP contribution in [0.1, 0.15) is 106 Å². The van der Waals surface area contributed by atoms with Crippen molar-refractivity contribution in [1.29, 1.82) is 0 Å². The summed E-state index contributed by atoms with van der Waals surface area (Å²) in [7, 11) is 0. The molecule has 0 aromatic rings. The number of rotatable bonds is 5. The van der Waals surface area contributed by atoms with Crippen LogP contribution in [0.15, 0.2) is 0 Å². The zero-order valence-corrected chi connectivity index (χ0v) is 27.7. The molecular formula is C35H58O9. The fourth-order valence-electron chi connectivity index (χ4n) is 13.5. The van der Waals surface area contributed by atoms with Gasteiger partial charge in [-0.3, -0.25) is 0 Å². The third kappa shape index (κ3) is 3.97. The summed E-state index contributed by atoms with van der Waals surface area (Å²) >= 11 is 0. The molecule has 7 fully saturated rings. The largest absolute Gasteiger partial charge is 0.396 e. The summed E-state index contributed by atoms with van der Waals surface area (Å²) in [6.45, 7) is 12.7. The van der Waals surface area contributed by atoms with Crippen molar-refractivity contribution < 1.29 is 44.8 Å². The molecule has 5 aliphatic carbocycles. The first kappa shape index (κ1) is 32.2. The molecule has 0 bridgehead atoms. The lowest BCUT2D eigenvalue weighted by Crippen LogP contribution is -2.62. The van der Waals surface area contributed by atoms with Gasteiger partial charge in [0.25, 0.3) is 0 Å². The Morgan fingerprint density at radius 1 is 0.818 bits per heavy atom. The molecule has 252 valence electrons. The second kappa shape index (κ2) is 9.85. The lowest BCUT2D eigenvalue weighted by Gasteiger charge is -2.64. The van der Waals surface area contributed by atoms with Gasteiger partial charge in [-0.25, -0.2) is 0 Å². The lowest BCUT2D eigenvalue weighted by atomic mass is 9.41. The quantitative estimate of drug-likeness (QED) is 0.255. The molecule has 5 saturated carbocycles. The molecule has 0 aromatic carbocycles. The van der Waals surface area contributed by atoms with Crippen molar-refractivity contribution in [3.05, 3.63) is 0 Å². The third-order valence-corrected chi connectivity index (χ3v) is 15.5. The van der Waals surface area contributed by atoms with E-state index in [1.165, 1.54) is 6.42 Å². The van der Waals surface area contributed by atoms with E-state index in [1.54, 1.807) is 13.8 Å². The maximum Gasteiger partial charge on any atom is 0.186 e. The van der Waals surface area contributed by atoms with E-state index in [0.29, 0.717) is 18.3 Å². The molecule has 2 saturated heterocycles. The number of aliphatic hydroxyl groups excluding tert-OH is 5. The third-order valence-electron chi connectivity index (χ3n) is 15.5. The summed E-state index contributed by atoms with van der Waals surface area (Å²) in [5.74, 6) is 0.672. The molecule has 2 spiro atoms. The lowest BCUT2D eigenvalue weighted by molar-refractivity contribution is -0.303. The van der Waals surface area contributed by atoms with E-state index in [0.717, 1.165) is 51.4 Å². The van der Waals surface area contributed by atoms with Gasteiger partial charge < -0.3 is 44.8 Å². The van der Waals surface area contributed by atoms with Crippen molar-refractivity contribution in [3.63, 3.8) is 0 Å². The van der Waals surface area contributed by atoms with Crippen LogP contribution in [0.4, 0.5) is 0 Å². The molecule has 6 N–H and O–H groups in total. The second-order valence-corrected chi connectivity index (χ2v) is 18.0. The molecule has 0 radical (unpaired) electrons. The Kier molecular flexibility index (Phi) is 7.21. The smallest absolute Gasteiger partial charge is 0.186 e. The van der Waals surface area contributed by atoms with E-state index in [1.807, 2.05) is 0 Å². The van der Waals surface area contributed by atoms with Crippen molar-refractivity contribution in [1.82, 2.24) is 0 Å². The Bertz CT molecular complexity index is 1140. The Labute approximate surface area is 262 Å². The van der Waals surface area contributed by atoms with Crippen LogP contribution in [0.3, 0.4) is 0 Å². The van der Waals surface area contributed by atoms with Gasteiger partial charge in [0.2, 0.25) is 0 Å². The normalized spacial score (nSPS) is 58.1. The highest BCUT2D eigenvalue weighted by atomic mass is 16.7. The first-order valence-corrected chi connectivity index (χ1v) is 17.4. The minimum Gasteiger partial charge on any atom is -0.396 e. The molecule has 7 rings (SSSR count). The van der Waals surface area contributed by atoms with Crippen LogP contribution in [0.25, 0.3) is 0 Å². The predicted octanol–water partition coefficient (Wildman–Crippen LogP) is 2.90. The molecule has 2 heterocycles. The second-order valence-electron chi connectivity index (χ2n) is 18.0. The zero-order valence-electron chi connectivity index (χ0n) is 27.7. The standard InChI is InChI=1S/C35H58O9/c1-29(2)21-7-8-22-31(5)15-19(37)27(32(6)11-9-24(44-32)30(3,4)41)35(31,18-36)14-13-34(22)17-33(21,34)12-10-23(29)43-28-26(40)25(39)20(38)16-42-28/h19-28,36-41H,7-18H2,1-6H3/t19-,20+,21+,22-,23-,24+,25+,26+,27+,28+,31-,32-,33+,34-,35-/m0/s1. The summed E-state index contributed by atoms with van der Waals surface area (Å²) in [6, 6.07) is 0. The van der Waals surface area contributed by atoms with Gasteiger partial charge in [0.05, 0.1) is 36.1 Å². The highest BCUT2D eigenvalue weighted by Gasteiger charge is 2.84. The van der Waals surface area contributed by atoms with Gasteiger partial charge in [0.1, 0.15) is 18.3 Å². The van der Waals surface area contributed by atoms with E-state index >= 15 is 0 Å². The monoisotopic (exact) mass is 622 g/mol. The van der Waals surface area contributed by atoms with Crippen LogP contribution >= 0.6 is 0 Å². The number of hydrogen-bond acceptors (Lipinski definition) is 9. The average Bonchev–Trinajstić information content (AvgIpc) is 3.30. The summed E-state index contributed by atoms with van der Waals surface area (Å²) in [5.41, 5.74) is -1.98. The van der Waals surface area contributed by atoms with Crippen LogP contribution < -0.4 is 0 Å². The van der Waals surface area contributed by atoms with Crippen LogP contribution in [0.5, 0.6) is 0 Å². The van der Waals surface area contributed by atoms with Gasteiger partial charge >= 0.3 is 0 Å².